The summed E-state index contributed by atoms with van der Waals surface area (Å²) in [5.74, 6) is -0.101. The third-order valence-electron chi connectivity index (χ3n) is 3.00. The van der Waals surface area contributed by atoms with Gasteiger partial charge in [-0.15, -0.1) is 0 Å². The maximum Gasteiger partial charge on any atom is 0.347 e. The molecule has 0 atom stereocenters. The van der Waals surface area contributed by atoms with Crippen LogP contribution < -0.4 is 4.90 Å². The third kappa shape index (κ3) is 2.77. The predicted molar refractivity (Wildman–Crippen MR) is 69.0 cm³/mol. The van der Waals surface area contributed by atoms with Crippen molar-refractivity contribution in [1.82, 2.24) is 4.98 Å². The molecule has 0 aromatic carbocycles. The largest absolute Gasteiger partial charge is 0.477 e. The zero-order valence-electron chi connectivity index (χ0n) is 10.4. The molecule has 4 nitrogen and oxygen atoms in total. The zero-order valence-corrected chi connectivity index (χ0v) is 11.3. The van der Waals surface area contributed by atoms with E-state index in [-0.39, 0.29) is 0 Å². The van der Waals surface area contributed by atoms with E-state index in [1.165, 1.54) is 24.2 Å². The minimum Gasteiger partial charge on any atom is -0.477 e. The Morgan fingerprint density at radius 2 is 2.24 bits per heavy atom. The summed E-state index contributed by atoms with van der Waals surface area (Å²) in [4.78, 5) is 18.0. The number of thiazole rings is 1. The highest BCUT2D eigenvalue weighted by molar-refractivity contribution is 7.17. The Kier molecular flexibility index (Phi) is 3.38. The lowest BCUT2D eigenvalue weighted by Crippen LogP contribution is -2.32. The molecule has 1 fully saturated rings. The van der Waals surface area contributed by atoms with Crippen LogP contribution in [0.25, 0.3) is 0 Å². The Morgan fingerprint density at radius 3 is 2.65 bits per heavy atom. The SMILES string of the molecule is Cc1nc(N(CC2CC2)C(C)C)sc1C(=O)O. The monoisotopic (exact) mass is 254 g/mol. The summed E-state index contributed by atoms with van der Waals surface area (Å²) in [6.45, 7) is 7.02. The number of nitrogens with zero attached hydrogens (tertiary/aromatic N) is 2. The van der Waals surface area contributed by atoms with Gasteiger partial charge < -0.3 is 10.0 Å². The van der Waals surface area contributed by atoms with Crippen molar-refractivity contribution in [2.45, 2.75) is 39.7 Å². The van der Waals surface area contributed by atoms with E-state index >= 15 is 0 Å². The highest BCUT2D eigenvalue weighted by atomic mass is 32.1. The standard InChI is InChI=1S/C12H18N2O2S/c1-7(2)14(6-9-4-5-9)12-13-8(3)10(17-12)11(15)16/h7,9H,4-6H2,1-3H3,(H,15,16). The molecule has 0 bridgehead atoms. The van der Waals surface area contributed by atoms with Gasteiger partial charge in [-0.05, 0) is 39.5 Å². The van der Waals surface area contributed by atoms with E-state index in [2.05, 4.69) is 23.7 Å². The van der Waals surface area contributed by atoms with Crippen LogP contribution in [0.5, 0.6) is 0 Å². The van der Waals surface area contributed by atoms with Crippen LogP contribution in [0.1, 0.15) is 42.1 Å². The molecule has 0 amide bonds. The van der Waals surface area contributed by atoms with Crippen LogP contribution in [-0.2, 0) is 0 Å². The van der Waals surface area contributed by atoms with Crippen LogP contribution in [0.3, 0.4) is 0 Å². The fourth-order valence-electron chi connectivity index (χ4n) is 1.79. The molecule has 17 heavy (non-hydrogen) atoms. The Hall–Kier alpha value is -1.10. The second kappa shape index (κ2) is 4.64. The molecule has 1 heterocycles. The lowest BCUT2D eigenvalue weighted by Gasteiger charge is -2.25. The highest BCUT2D eigenvalue weighted by Crippen LogP contribution is 2.34. The molecule has 0 unspecified atom stereocenters. The van der Waals surface area contributed by atoms with E-state index < -0.39 is 5.97 Å². The molecular weight excluding hydrogens is 236 g/mol. The Bertz CT molecular complexity index is 424. The molecule has 1 aliphatic carbocycles. The van der Waals surface area contributed by atoms with Crippen molar-refractivity contribution in [3.8, 4) is 0 Å². The minimum absolute atomic E-state index is 0.362. The van der Waals surface area contributed by atoms with Crippen LogP contribution in [0.15, 0.2) is 0 Å². The maximum absolute atomic E-state index is 11.0. The zero-order chi connectivity index (χ0) is 12.6. The summed E-state index contributed by atoms with van der Waals surface area (Å²) >= 11 is 1.29. The molecule has 0 saturated heterocycles. The van der Waals surface area contributed by atoms with Gasteiger partial charge >= 0.3 is 5.97 Å². The lowest BCUT2D eigenvalue weighted by molar-refractivity contribution is 0.0701. The van der Waals surface area contributed by atoms with Gasteiger partial charge in [0.25, 0.3) is 0 Å². The van der Waals surface area contributed by atoms with Crippen LogP contribution in [0.4, 0.5) is 5.13 Å². The number of carboxylic acid groups (broad SMARTS) is 1. The number of aromatic carboxylic acids is 1. The van der Waals surface area contributed by atoms with Gasteiger partial charge in [-0.1, -0.05) is 11.3 Å². The van der Waals surface area contributed by atoms with Gasteiger partial charge in [-0.3, -0.25) is 0 Å². The van der Waals surface area contributed by atoms with Crippen molar-refractivity contribution in [2.24, 2.45) is 5.92 Å². The molecule has 5 heteroatoms. The number of aromatic nitrogens is 1. The lowest BCUT2D eigenvalue weighted by atomic mass is 10.3. The summed E-state index contributed by atoms with van der Waals surface area (Å²) in [5.41, 5.74) is 0.624. The number of rotatable bonds is 5. The summed E-state index contributed by atoms with van der Waals surface area (Å²) in [5, 5.41) is 9.89. The molecule has 1 saturated carbocycles. The van der Waals surface area contributed by atoms with Crippen LogP contribution in [0, 0.1) is 12.8 Å². The first-order valence-electron chi connectivity index (χ1n) is 5.96. The van der Waals surface area contributed by atoms with Gasteiger partial charge in [0.05, 0.1) is 5.69 Å². The Labute approximate surface area is 105 Å². The number of anilines is 1. The first kappa shape index (κ1) is 12.4. The third-order valence-corrected chi connectivity index (χ3v) is 4.18. The molecule has 1 N–H and O–H groups in total. The molecule has 1 aliphatic rings. The van der Waals surface area contributed by atoms with Gasteiger partial charge in [0, 0.05) is 12.6 Å². The molecule has 2 rings (SSSR count). The normalized spacial score (nSPS) is 15.3. The molecule has 0 aliphatic heterocycles. The van der Waals surface area contributed by atoms with E-state index in [1.54, 1.807) is 6.92 Å². The Morgan fingerprint density at radius 1 is 1.59 bits per heavy atom. The summed E-state index contributed by atoms with van der Waals surface area (Å²) in [6.07, 6.45) is 2.58. The van der Waals surface area contributed by atoms with E-state index in [0.717, 1.165) is 17.6 Å². The van der Waals surface area contributed by atoms with Crippen molar-refractivity contribution >= 4 is 22.4 Å². The van der Waals surface area contributed by atoms with Gasteiger partial charge in [0.15, 0.2) is 5.13 Å². The summed E-state index contributed by atoms with van der Waals surface area (Å²) in [7, 11) is 0. The van der Waals surface area contributed by atoms with E-state index in [9.17, 15) is 4.79 Å². The number of carboxylic acids is 1. The average Bonchev–Trinajstić information content (AvgIpc) is 2.97. The summed E-state index contributed by atoms with van der Waals surface area (Å²) in [6, 6.07) is 0.364. The number of hydrogen-bond acceptors (Lipinski definition) is 4. The maximum atomic E-state index is 11.0. The smallest absolute Gasteiger partial charge is 0.347 e. The van der Waals surface area contributed by atoms with Crippen molar-refractivity contribution < 1.29 is 9.90 Å². The Balaban J connectivity index is 2.22. The van der Waals surface area contributed by atoms with Gasteiger partial charge in [-0.2, -0.15) is 0 Å². The minimum atomic E-state index is -0.874. The van der Waals surface area contributed by atoms with Crippen molar-refractivity contribution in [1.29, 1.82) is 0 Å². The van der Waals surface area contributed by atoms with Gasteiger partial charge in [0.1, 0.15) is 4.88 Å². The molecule has 1 aromatic heterocycles. The van der Waals surface area contributed by atoms with Crippen LogP contribution in [0.2, 0.25) is 0 Å². The first-order valence-corrected chi connectivity index (χ1v) is 6.78. The highest BCUT2D eigenvalue weighted by Gasteiger charge is 2.28. The van der Waals surface area contributed by atoms with Gasteiger partial charge in [0.2, 0.25) is 0 Å². The van der Waals surface area contributed by atoms with Crippen molar-refractivity contribution in [3.63, 3.8) is 0 Å². The van der Waals surface area contributed by atoms with Gasteiger partial charge in [-0.25, -0.2) is 9.78 Å². The predicted octanol–water partition coefficient (Wildman–Crippen LogP) is 2.77. The van der Waals surface area contributed by atoms with E-state index in [1.807, 2.05) is 0 Å². The molecular formula is C12H18N2O2S. The summed E-state index contributed by atoms with van der Waals surface area (Å²) < 4.78 is 0. The van der Waals surface area contributed by atoms with Crippen LogP contribution >= 0.6 is 11.3 Å². The number of carbonyl (C=O) groups is 1. The van der Waals surface area contributed by atoms with Crippen LogP contribution in [-0.4, -0.2) is 28.6 Å². The number of aryl methyl sites for hydroxylation is 1. The molecule has 0 spiro atoms. The van der Waals surface area contributed by atoms with Crippen molar-refractivity contribution in [2.75, 3.05) is 11.4 Å². The van der Waals surface area contributed by atoms with E-state index in [0.29, 0.717) is 16.6 Å². The topological polar surface area (TPSA) is 53.4 Å². The second-order valence-corrected chi connectivity index (χ2v) is 5.88. The molecule has 0 radical (unpaired) electrons. The average molecular weight is 254 g/mol. The van der Waals surface area contributed by atoms with E-state index in [4.69, 9.17) is 5.11 Å². The van der Waals surface area contributed by atoms with Crippen molar-refractivity contribution in [3.05, 3.63) is 10.6 Å². The second-order valence-electron chi connectivity index (χ2n) is 4.91. The number of hydrogen-bond donors (Lipinski definition) is 1. The fourth-order valence-corrected chi connectivity index (χ4v) is 2.84. The quantitative estimate of drug-likeness (QED) is 0.878. The first-order chi connectivity index (χ1) is 7.99. The molecule has 1 aromatic rings. The molecule has 94 valence electrons. The fraction of sp³-hybridized carbons (Fsp3) is 0.667.